The molecule has 7 aromatic rings. The Labute approximate surface area is 526 Å². The maximum Gasteiger partial charge on any atom is 0.341 e. The third-order valence-corrected chi connectivity index (χ3v) is 20.9. The van der Waals surface area contributed by atoms with Gasteiger partial charge in [0.15, 0.2) is 17.2 Å². The molecule has 21 heteroatoms. The van der Waals surface area contributed by atoms with Gasteiger partial charge in [-0.1, -0.05) is 62.4 Å². The first-order valence-corrected chi connectivity index (χ1v) is 32.9. The lowest BCUT2D eigenvalue weighted by atomic mass is 9.59. The van der Waals surface area contributed by atoms with E-state index in [0.717, 1.165) is 62.5 Å². The number of nitro groups is 1. The number of methoxy groups -OCH3 is 3. The second-order valence-electron chi connectivity index (χ2n) is 24.9. The van der Waals surface area contributed by atoms with Crippen LogP contribution in [0.2, 0.25) is 0 Å². The zero-order chi connectivity index (χ0) is 62.5. The topological polar surface area (TPSA) is 219 Å². The van der Waals surface area contributed by atoms with Gasteiger partial charge in [0.05, 0.1) is 70.3 Å². The van der Waals surface area contributed by atoms with Crippen molar-refractivity contribution in [3.63, 3.8) is 0 Å². The Hall–Kier alpha value is -7.95. The van der Waals surface area contributed by atoms with Crippen LogP contribution in [-0.2, 0) is 37.3 Å². The average Bonchev–Trinajstić information content (AvgIpc) is 1.23. The predicted molar refractivity (Wildman–Crippen MR) is 342 cm³/mol. The minimum atomic E-state index is -4.47. The van der Waals surface area contributed by atoms with Crippen molar-refractivity contribution in [2.24, 2.45) is 17.3 Å². The highest BCUT2D eigenvalue weighted by Gasteiger charge is 2.50. The van der Waals surface area contributed by atoms with Crippen LogP contribution < -0.4 is 33.9 Å². The van der Waals surface area contributed by atoms with E-state index < -0.39 is 32.7 Å². The van der Waals surface area contributed by atoms with Crippen LogP contribution in [0.5, 0.6) is 34.6 Å². The molecule has 0 amide bonds. The molecule has 90 heavy (non-hydrogen) atoms. The number of aromatic nitrogens is 2. The summed E-state index contributed by atoms with van der Waals surface area (Å²) in [5.41, 5.74) is 5.98. The van der Waals surface area contributed by atoms with Crippen molar-refractivity contribution in [1.29, 1.82) is 0 Å². The molecular weight excluding hydrogens is 1170 g/mol. The van der Waals surface area contributed by atoms with Gasteiger partial charge in [0.1, 0.15) is 28.5 Å². The lowest BCUT2D eigenvalue weighted by Gasteiger charge is -2.56. The van der Waals surface area contributed by atoms with Crippen molar-refractivity contribution in [1.82, 2.24) is 19.2 Å². The lowest BCUT2D eigenvalue weighted by molar-refractivity contribution is -0.384. The van der Waals surface area contributed by atoms with Crippen molar-refractivity contribution in [2.75, 3.05) is 90.8 Å². The van der Waals surface area contributed by atoms with Crippen LogP contribution in [0.3, 0.4) is 0 Å². The molecule has 5 heterocycles. The largest absolute Gasteiger partial charge is 0.497 e. The van der Waals surface area contributed by atoms with Crippen molar-refractivity contribution < 1.29 is 56.0 Å². The standard InChI is InChI=1S/C69H81N7O13S/c1-45(2)57-9-6-7-10-58(57)60-11-8-28-75(60)52-37-69(38-52)25-29-73(30-26-69)51-18-23-59(68(77)84-5)62(34-51)89-64-33-48-24-27-70-66(48)72-67(64)88-43-50-17-16-49(50)42-87-63-36-56(35-61(76(78)79)65(63)71-39-55-44-85-31-32-86-55)90(80,81)74(40-46-12-19-53(82-3)20-13-46)41-47-14-21-54(83-4)22-15-47/h6-7,9-10,12-15,18-24,27,33-36,45,49-50,52,55,60,71H,8,11,16-17,25-26,28-32,37-44H2,1-5H3,(H,70,72)/t49-,50-,55+,60+/m1/s1. The number of carbonyl (C=O) groups excluding carboxylic acids is 1. The normalized spacial score (nSPS) is 20.2. The van der Waals surface area contributed by atoms with Crippen molar-refractivity contribution in [3.05, 3.63) is 159 Å². The number of rotatable bonds is 25. The Bertz CT molecular complexity index is 3720. The van der Waals surface area contributed by atoms with Crippen molar-refractivity contribution in [2.45, 2.75) is 107 Å². The summed E-state index contributed by atoms with van der Waals surface area (Å²) in [5.74, 6) is 1.84. The molecule has 476 valence electrons. The number of hydrogen-bond donors (Lipinski definition) is 2. The van der Waals surface area contributed by atoms with Crippen LogP contribution in [0.25, 0.3) is 11.0 Å². The zero-order valence-electron chi connectivity index (χ0n) is 51.9. The number of sulfonamides is 1. The summed E-state index contributed by atoms with van der Waals surface area (Å²) < 4.78 is 78.9. The molecular formula is C69H81N7O13S. The quantitative estimate of drug-likeness (QED) is 0.0309. The van der Waals surface area contributed by atoms with Gasteiger partial charge in [0, 0.05) is 80.3 Å². The maximum atomic E-state index is 15.1. The summed E-state index contributed by atoms with van der Waals surface area (Å²) in [5, 5.41) is 17.1. The SMILES string of the molecule is COC(=O)c1ccc(N2CCC3(CC2)CC(N2CCC[C@H]2c2ccccc2C(C)C)C3)cc1Oc1cc2cc[nH]c2nc1OC[C@H]1CC[C@@H]1COc1cc(S(=O)(=O)N(Cc2ccc(OC)cc2)Cc2ccc(OC)cc2)cc([N+](=O)[O-])c1NC[C@H]1COCCO1. The molecule has 5 fully saturated rings. The first kappa shape index (κ1) is 62.3. The molecule has 2 aromatic heterocycles. The Morgan fingerprint density at radius 1 is 0.822 bits per heavy atom. The fraction of sp³-hybridized carbons (Fsp3) is 0.449. The van der Waals surface area contributed by atoms with Gasteiger partial charge < -0.3 is 53.1 Å². The van der Waals surface area contributed by atoms with Gasteiger partial charge >= 0.3 is 5.97 Å². The Morgan fingerprint density at radius 2 is 1.52 bits per heavy atom. The molecule has 4 atom stereocenters. The number of benzene rings is 5. The predicted octanol–water partition coefficient (Wildman–Crippen LogP) is 12.5. The smallest absolute Gasteiger partial charge is 0.341 e. The molecule has 1 spiro atoms. The summed E-state index contributed by atoms with van der Waals surface area (Å²) in [6.45, 7) is 8.90. The van der Waals surface area contributed by atoms with E-state index >= 15 is 8.42 Å². The highest BCUT2D eigenvalue weighted by Crippen LogP contribution is 2.55. The number of pyridine rings is 1. The number of anilines is 2. The third kappa shape index (κ3) is 13.6. The first-order chi connectivity index (χ1) is 43.7. The Balaban J connectivity index is 0.753. The monoisotopic (exact) mass is 1250 g/mol. The van der Waals surface area contributed by atoms with E-state index in [1.54, 1.807) is 75.0 Å². The number of H-pyrrole nitrogens is 1. The maximum absolute atomic E-state index is 15.1. The van der Waals surface area contributed by atoms with Crippen LogP contribution >= 0.6 is 0 Å². The number of aromatic amines is 1. The molecule has 3 saturated heterocycles. The van der Waals surface area contributed by atoms with Crippen molar-refractivity contribution in [3.8, 4) is 34.6 Å². The van der Waals surface area contributed by atoms with Gasteiger partial charge in [-0.15, -0.1) is 0 Å². The van der Waals surface area contributed by atoms with Gasteiger partial charge in [-0.25, -0.2) is 13.2 Å². The number of fused-ring (bicyclic) bond motifs is 1. The molecule has 2 saturated carbocycles. The number of esters is 1. The van der Waals surface area contributed by atoms with E-state index in [1.165, 1.54) is 54.3 Å². The van der Waals surface area contributed by atoms with E-state index in [4.69, 9.17) is 42.9 Å². The van der Waals surface area contributed by atoms with Crippen LogP contribution in [0.4, 0.5) is 17.1 Å². The van der Waals surface area contributed by atoms with E-state index in [1.807, 2.05) is 24.3 Å². The fourth-order valence-electron chi connectivity index (χ4n) is 13.8. The van der Waals surface area contributed by atoms with Gasteiger partial charge in [-0.2, -0.15) is 9.29 Å². The van der Waals surface area contributed by atoms with Crippen LogP contribution in [0, 0.1) is 27.4 Å². The highest BCUT2D eigenvalue weighted by molar-refractivity contribution is 7.89. The van der Waals surface area contributed by atoms with Gasteiger partial charge in [0.2, 0.25) is 10.0 Å². The molecule has 3 aliphatic heterocycles. The molecule has 12 rings (SSSR count). The number of ether oxygens (including phenoxy) is 8. The summed E-state index contributed by atoms with van der Waals surface area (Å²) in [4.78, 5) is 38.9. The molecule has 0 bridgehead atoms. The van der Waals surface area contributed by atoms with Gasteiger partial charge in [-0.05, 0) is 152 Å². The number of nitro benzene ring substituents is 1. The molecule has 0 radical (unpaired) electrons. The van der Waals surface area contributed by atoms with E-state index in [9.17, 15) is 14.9 Å². The first-order valence-electron chi connectivity index (χ1n) is 31.4. The summed E-state index contributed by atoms with van der Waals surface area (Å²) in [7, 11) is -0.0124. The Morgan fingerprint density at radius 3 is 2.17 bits per heavy atom. The zero-order valence-corrected chi connectivity index (χ0v) is 52.7. The third-order valence-electron chi connectivity index (χ3n) is 19.1. The van der Waals surface area contributed by atoms with Gasteiger partial charge in [-0.3, -0.25) is 15.0 Å². The molecule has 2 aliphatic carbocycles. The molecule has 2 N–H and O–H groups in total. The van der Waals surface area contributed by atoms with Crippen LogP contribution in [-0.4, -0.2) is 131 Å². The average molecular weight is 1250 g/mol. The summed E-state index contributed by atoms with van der Waals surface area (Å²) in [6.07, 6.45) is 9.96. The van der Waals surface area contributed by atoms with Crippen LogP contribution in [0.15, 0.2) is 126 Å². The molecule has 0 unspecified atom stereocenters. The highest BCUT2D eigenvalue weighted by atomic mass is 32.2. The Kier molecular flexibility index (Phi) is 18.9. The lowest BCUT2D eigenvalue weighted by Crippen LogP contribution is -2.54. The van der Waals surface area contributed by atoms with E-state index in [2.05, 4.69) is 58.2 Å². The van der Waals surface area contributed by atoms with E-state index in [0.29, 0.717) is 76.4 Å². The van der Waals surface area contributed by atoms with E-state index in [-0.39, 0.29) is 79.1 Å². The number of hydrogen-bond acceptors (Lipinski definition) is 17. The number of piperidine rings is 1. The number of carbonyl (C=O) groups is 1. The molecule has 5 aliphatic rings. The minimum Gasteiger partial charge on any atom is -0.497 e. The molecule has 20 nitrogen and oxygen atoms in total. The summed E-state index contributed by atoms with van der Waals surface area (Å²) in [6, 6.07) is 36.1. The number of likely N-dealkylation sites (tertiary alicyclic amines) is 1. The minimum absolute atomic E-state index is 0.00580. The van der Waals surface area contributed by atoms with Gasteiger partial charge in [0.25, 0.3) is 11.6 Å². The summed E-state index contributed by atoms with van der Waals surface area (Å²) >= 11 is 0. The second-order valence-corrected chi connectivity index (χ2v) is 26.9. The fourth-order valence-corrected chi connectivity index (χ4v) is 15.2. The van der Waals surface area contributed by atoms with Crippen LogP contribution in [0.1, 0.15) is 110 Å². The van der Waals surface area contributed by atoms with Crippen molar-refractivity contribution >= 4 is 44.1 Å². The molecule has 5 aromatic carbocycles. The number of nitrogens with zero attached hydrogens (tertiary/aromatic N) is 5. The second kappa shape index (κ2) is 27.3. The number of nitrogens with one attached hydrogen (secondary N) is 2.